The van der Waals surface area contributed by atoms with E-state index in [2.05, 4.69) is 21.2 Å². The van der Waals surface area contributed by atoms with Crippen LogP contribution in [0, 0.1) is 12.7 Å². The monoisotopic (exact) mass is 323 g/mol. The Labute approximate surface area is 120 Å². The zero-order valence-electron chi connectivity index (χ0n) is 10.6. The van der Waals surface area contributed by atoms with Gasteiger partial charge >= 0.3 is 0 Å². The number of ether oxygens (including phenoxy) is 1. The van der Waals surface area contributed by atoms with Gasteiger partial charge in [-0.25, -0.2) is 4.39 Å². The minimum atomic E-state index is -0.230. The van der Waals surface area contributed by atoms with Crippen LogP contribution in [0.4, 0.5) is 10.1 Å². The molecule has 0 bridgehead atoms. The van der Waals surface area contributed by atoms with Crippen LogP contribution in [0.15, 0.2) is 46.9 Å². The van der Waals surface area contributed by atoms with Crippen LogP contribution in [0.25, 0.3) is 0 Å². The fraction of sp³-hybridized carbons (Fsp3) is 0.200. The van der Waals surface area contributed by atoms with Crippen molar-refractivity contribution in [3.8, 4) is 5.75 Å². The van der Waals surface area contributed by atoms with Gasteiger partial charge in [0, 0.05) is 16.7 Å². The molecule has 2 nitrogen and oxygen atoms in total. The molecule has 0 aliphatic rings. The van der Waals surface area contributed by atoms with E-state index in [1.807, 2.05) is 25.1 Å². The second-order valence-corrected chi connectivity index (χ2v) is 5.05. The maximum atomic E-state index is 12.7. The number of benzene rings is 2. The Morgan fingerprint density at radius 3 is 2.58 bits per heavy atom. The SMILES string of the molecule is Cc1cc(OCCNc2ccc(F)cc2)ccc1Br. The first-order valence-corrected chi connectivity index (χ1v) is 6.83. The molecule has 0 atom stereocenters. The Balaban J connectivity index is 1.77. The summed E-state index contributed by atoms with van der Waals surface area (Å²) in [6.07, 6.45) is 0. The number of rotatable bonds is 5. The molecule has 0 aromatic heterocycles. The second kappa shape index (κ2) is 6.57. The van der Waals surface area contributed by atoms with E-state index in [-0.39, 0.29) is 5.82 Å². The second-order valence-electron chi connectivity index (χ2n) is 4.19. The first-order chi connectivity index (χ1) is 9.15. The summed E-state index contributed by atoms with van der Waals surface area (Å²) in [5.41, 5.74) is 2.03. The zero-order chi connectivity index (χ0) is 13.7. The standard InChI is InChI=1S/C15H15BrFNO/c1-11-10-14(6-7-15(11)16)19-9-8-18-13-4-2-12(17)3-5-13/h2-7,10,18H,8-9H2,1H3. The van der Waals surface area contributed by atoms with Crippen LogP contribution in [-0.2, 0) is 0 Å². The predicted molar refractivity (Wildman–Crippen MR) is 79.3 cm³/mol. The van der Waals surface area contributed by atoms with E-state index in [0.717, 1.165) is 21.5 Å². The van der Waals surface area contributed by atoms with E-state index >= 15 is 0 Å². The van der Waals surface area contributed by atoms with Gasteiger partial charge in [-0.1, -0.05) is 15.9 Å². The smallest absolute Gasteiger partial charge is 0.123 e. The van der Waals surface area contributed by atoms with Gasteiger partial charge in [0.15, 0.2) is 0 Å². The molecular formula is C15H15BrFNO. The molecule has 0 saturated heterocycles. The van der Waals surface area contributed by atoms with Gasteiger partial charge < -0.3 is 10.1 Å². The quantitative estimate of drug-likeness (QED) is 0.824. The molecule has 0 saturated carbocycles. The van der Waals surface area contributed by atoms with E-state index < -0.39 is 0 Å². The van der Waals surface area contributed by atoms with Crippen molar-refractivity contribution in [2.24, 2.45) is 0 Å². The highest BCUT2D eigenvalue weighted by Gasteiger charge is 1.98. The van der Waals surface area contributed by atoms with Gasteiger partial charge in [0.1, 0.15) is 18.2 Å². The molecule has 19 heavy (non-hydrogen) atoms. The Morgan fingerprint density at radius 2 is 1.89 bits per heavy atom. The summed E-state index contributed by atoms with van der Waals surface area (Å²) >= 11 is 3.45. The predicted octanol–water partition coefficient (Wildman–Crippen LogP) is 4.39. The third kappa shape index (κ3) is 4.24. The lowest BCUT2D eigenvalue weighted by Crippen LogP contribution is -2.11. The lowest BCUT2D eigenvalue weighted by atomic mass is 10.2. The lowest BCUT2D eigenvalue weighted by Gasteiger charge is -2.09. The van der Waals surface area contributed by atoms with E-state index in [9.17, 15) is 4.39 Å². The van der Waals surface area contributed by atoms with Crippen molar-refractivity contribution >= 4 is 21.6 Å². The summed E-state index contributed by atoms with van der Waals surface area (Å²) in [4.78, 5) is 0. The van der Waals surface area contributed by atoms with Crippen molar-refractivity contribution in [3.05, 3.63) is 58.3 Å². The molecule has 4 heteroatoms. The van der Waals surface area contributed by atoms with Crippen molar-refractivity contribution in [2.45, 2.75) is 6.92 Å². The van der Waals surface area contributed by atoms with Crippen molar-refractivity contribution in [1.82, 2.24) is 0 Å². The molecular weight excluding hydrogens is 309 g/mol. The minimum absolute atomic E-state index is 0.230. The Morgan fingerprint density at radius 1 is 1.16 bits per heavy atom. The molecule has 100 valence electrons. The molecule has 0 radical (unpaired) electrons. The largest absolute Gasteiger partial charge is 0.492 e. The molecule has 2 aromatic carbocycles. The maximum Gasteiger partial charge on any atom is 0.123 e. The topological polar surface area (TPSA) is 21.3 Å². The highest BCUT2D eigenvalue weighted by Crippen LogP contribution is 2.21. The third-order valence-corrected chi connectivity index (χ3v) is 3.56. The zero-order valence-corrected chi connectivity index (χ0v) is 12.2. The molecule has 2 rings (SSSR count). The number of aryl methyl sites for hydroxylation is 1. The molecule has 2 aromatic rings. The highest BCUT2D eigenvalue weighted by molar-refractivity contribution is 9.10. The van der Waals surface area contributed by atoms with E-state index in [1.54, 1.807) is 12.1 Å². The first kappa shape index (κ1) is 13.9. The van der Waals surface area contributed by atoms with Gasteiger partial charge in [-0.05, 0) is 55.0 Å². The molecule has 0 aliphatic heterocycles. The van der Waals surface area contributed by atoms with E-state index in [4.69, 9.17) is 4.74 Å². The number of anilines is 1. The lowest BCUT2D eigenvalue weighted by molar-refractivity contribution is 0.332. The van der Waals surface area contributed by atoms with Crippen LogP contribution in [0.3, 0.4) is 0 Å². The molecule has 1 N–H and O–H groups in total. The van der Waals surface area contributed by atoms with Crippen molar-refractivity contribution in [3.63, 3.8) is 0 Å². The minimum Gasteiger partial charge on any atom is -0.492 e. The maximum absolute atomic E-state index is 12.7. The Hall–Kier alpha value is -1.55. The average molecular weight is 324 g/mol. The summed E-state index contributed by atoms with van der Waals surface area (Å²) in [7, 11) is 0. The summed E-state index contributed by atoms with van der Waals surface area (Å²) < 4.78 is 19.4. The fourth-order valence-corrected chi connectivity index (χ4v) is 1.89. The fourth-order valence-electron chi connectivity index (χ4n) is 1.64. The number of hydrogen-bond acceptors (Lipinski definition) is 2. The number of hydrogen-bond donors (Lipinski definition) is 1. The Kier molecular flexibility index (Phi) is 4.80. The summed E-state index contributed by atoms with van der Waals surface area (Å²) in [5.74, 6) is 0.619. The Bertz CT molecular complexity index is 542. The molecule has 0 heterocycles. The number of nitrogens with one attached hydrogen (secondary N) is 1. The van der Waals surface area contributed by atoms with Crippen LogP contribution in [0.5, 0.6) is 5.75 Å². The van der Waals surface area contributed by atoms with Crippen molar-refractivity contribution < 1.29 is 9.13 Å². The van der Waals surface area contributed by atoms with Crippen LogP contribution >= 0.6 is 15.9 Å². The van der Waals surface area contributed by atoms with Gasteiger partial charge in [-0.2, -0.15) is 0 Å². The molecule has 0 spiro atoms. The third-order valence-electron chi connectivity index (χ3n) is 2.67. The normalized spacial score (nSPS) is 10.3. The average Bonchev–Trinajstić information content (AvgIpc) is 2.41. The molecule has 0 amide bonds. The van der Waals surface area contributed by atoms with Gasteiger partial charge in [0.25, 0.3) is 0 Å². The van der Waals surface area contributed by atoms with Crippen LogP contribution in [-0.4, -0.2) is 13.2 Å². The van der Waals surface area contributed by atoms with E-state index in [1.165, 1.54) is 12.1 Å². The van der Waals surface area contributed by atoms with Crippen LogP contribution < -0.4 is 10.1 Å². The molecule has 0 unspecified atom stereocenters. The van der Waals surface area contributed by atoms with Crippen molar-refractivity contribution in [1.29, 1.82) is 0 Å². The van der Waals surface area contributed by atoms with Gasteiger partial charge in [0.2, 0.25) is 0 Å². The summed E-state index contributed by atoms with van der Waals surface area (Å²) in [6, 6.07) is 12.2. The van der Waals surface area contributed by atoms with Gasteiger partial charge in [0.05, 0.1) is 0 Å². The highest BCUT2D eigenvalue weighted by atomic mass is 79.9. The van der Waals surface area contributed by atoms with Crippen LogP contribution in [0.1, 0.15) is 5.56 Å². The number of halogens is 2. The van der Waals surface area contributed by atoms with Gasteiger partial charge in [-0.3, -0.25) is 0 Å². The first-order valence-electron chi connectivity index (χ1n) is 6.03. The summed E-state index contributed by atoms with van der Waals surface area (Å²) in [6.45, 7) is 3.24. The van der Waals surface area contributed by atoms with E-state index in [0.29, 0.717) is 13.2 Å². The van der Waals surface area contributed by atoms with Crippen LogP contribution in [0.2, 0.25) is 0 Å². The van der Waals surface area contributed by atoms with Gasteiger partial charge in [-0.15, -0.1) is 0 Å². The molecule has 0 fully saturated rings. The summed E-state index contributed by atoms with van der Waals surface area (Å²) in [5, 5.41) is 3.17. The molecule has 0 aliphatic carbocycles. The van der Waals surface area contributed by atoms with Crippen molar-refractivity contribution in [2.75, 3.05) is 18.5 Å².